The van der Waals surface area contributed by atoms with Crippen LogP contribution in [0.25, 0.3) is 0 Å². The smallest absolute Gasteiger partial charge is 0.319 e. The van der Waals surface area contributed by atoms with Gasteiger partial charge < -0.3 is 30.3 Å². The van der Waals surface area contributed by atoms with Crippen molar-refractivity contribution in [1.29, 1.82) is 0 Å². The van der Waals surface area contributed by atoms with Gasteiger partial charge in [-0.3, -0.25) is 14.4 Å². The molecule has 4 aromatic rings. The number of benzene rings is 4. The second-order valence-electron chi connectivity index (χ2n) is 10.7. The van der Waals surface area contributed by atoms with Crippen molar-refractivity contribution in [3.8, 4) is 5.75 Å². The summed E-state index contributed by atoms with van der Waals surface area (Å²) < 4.78 is 11.5. The van der Waals surface area contributed by atoms with Gasteiger partial charge in [0.1, 0.15) is 18.4 Å². The van der Waals surface area contributed by atoms with Crippen LogP contribution in [-0.2, 0) is 20.9 Å². The predicted molar refractivity (Wildman–Crippen MR) is 173 cm³/mol. The number of ether oxygens (including phenoxy) is 2. The lowest BCUT2D eigenvalue weighted by Crippen LogP contribution is -2.43. The summed E-state index contributed by atoms with van der Waals surface area (Å²) in [5.41, 5.74) is 3.12. The third-order valence-electron chi connectivity index (χ3n) is 7.43. The minimum Gasteiger partial charge on any atom is -0.483 e. The molecule has 4 amide bonds. The number of nitrogens with one attached hydrogen (secondary N) is 3. The summed E-state index contributed by atoms with van der Waals surface area (Å²) in [6, 6.07) is 31.9. The SMILES string of the molecule is CCOC(=O)C[C@H](NC(=O)CN1C[C@@H](c2ccccc2)Oc2ccc(NC(=O)NCc3ccccc3)cc2C1=O)c1ccccc1. The van der Waals surface area contributed by atoms with Gasteiger partial charge in [0.25, 0.3) is 5.91 Å². The van der Waals surface area contributed by atoms with Crippen LogP contribution >= 0.6 is 0 Å². The molecule has 10 heteroatoms. The van der Waals surface area contributed by atoms with Crippen molar-refractivity contribution in [3.05, 3.63) is 131 Å². The number of anilines is 1. The van der Waals surface area contributed by atoms with Gasteiger partial charge in [0, 0.05) is 12.2 Å². The maximum Gasteiger partial charge on any atom is 0.319 e. The Bertz CT molecular complexity index is 1650. The predicted octanol–water partition coefficient (Wildman–Crippen LogP) is 5.39. The molecule has 2 atom stereocenters. The normalized spacial score (nSPS) is 14.6. The fraction of sp³-hybridized carbons (Fsp3) is 0.222. The maximum absolute atomic E-state index is 14.0. The zero-order chi connectivity index (χ0) is 32.3. The highest BCUT2D eigenvalue weighted by molar-refractivity contribution is 6.01. The van der Waals surface area contributed by atoms with Crippen LogP contribution in [0.15, 0.2) is 109 Å². The van der Waals surface area contributed by atoms with Crippen LogP contribution in [-0.4, -0.2) is 48.4 Å². The fourth-order valence-electron chi connectivity index (χ4n) is 5.19. The molecule has 0 aromatic heterocycles. The standard InChI is InChI=1S/C36H36N4O6/c1-2-45-34(42)21-30(26-14-8-4-9-15-26)39-33(41)24-40-23-32(27-16-10-5-11-17-27)46-31-19-18-28(20-29(31)35(40)43)38-36(44)37-22-25-12-6-3-7-13-25/h3-20,30,32H,2,21-24H2,1H3,(H,39,41)(H2,37,38,44)/t30-,32-/m0/s1. The number of rotatable bonds is 11. The van der Waals surface area contributed by atoms with Crippen molar-refractivity contribution in [3.63, 3.8) is 0 Å². The third-order valence-corrected chi connectivity index (χ3v) is 7.43. The highest BCUT2D eigenvalue weighted by Gasteiger charge is 2.32. The van der Waals surface area contributed by atoms with Crippen LogP contribution in [0, 0.1) is 0 Å². The topological polar surface area (TPSA) is 126 Å². The van der Waals surface area contributed by atoms with Crippen LogP contribution in [0.5, 0.6) is 5.75 Å². The number of amides is 4. The Hall–Kier alpha value is -5.64. The molecule has 10 nitrogen and oxygen atoms in total. The lowest BCUT2D eigenvalue weighted by Gasteiger charge is -2.25. The minimum atomic E-state index is -0.645. The molecule has 0 bridgehead atoms. The average Bonchev–Trinajstić information content (AvgIpc) is 3.21. The highest BCUT2D eigenvalue weighted by atomic mass is 16.5. The molecule has 0 saturated carbocycles. The van der Waals surface area contributed by atoms with E-state index in [-0.39, 0.29) is 31.7 Å². The van der Waals surface area contributed by atoms with E-state index in [1.807, 2.05) is 91.0 Å². The zero-order valence-corrected chi connectivity index (χ0v) is 25.5. The summed E-state index contributed by atoms with van der Waals surface area (Å²) >= 11 is 0. The van der Waals surface area contributed by atoms with Gasteiger partial charge in [-0.05, 0) is 41.8 Å². The van der Waals surface area contributed by atoms with E-state index in [4.69, 9.17) is 9.47 Å². The van der Waals surface area contributed by atoms with E-state index in [9.17, 15) is 19.2 Å². The molecule has 46 heavy (non-hydrogen) atoms. The molecule has 0 fully saturated rings. The van der Waals surface area contributed by atoms with E-state index in [2.05, 4.69) is 16.0 Å². The van der Waals surface area contributed by atoms with Gasteiger partial charge in [-0.2, -0.15) is 0 Å². The molecular weight excluding hydrogens is 584 g/mol. The van der Waals surface area contributed by atoms with Gasteiger partial charge >= 0.3 is 12.0 Å². The molecule has 5 rings (SSSR count). The molecule has 0 spiro atoms. The van der Waals surface area contributed by atoms with Crippen molar-refractivity contribution in [2.45, 2.75) is 32.0 Å². The summed E-state index contributed by atoms with van der Waals surface area (Å²) in [5.74, 6) is -0.988. The number of carbonyl (C=O) groups is 4. The minimum absolute atomic E-state index is 0.0580. The average molecular weight is 621 g/mol. The van der Waals surface area contributed by atoms with E-state index in [0.29, 0.717) is 18.0 Å². The van der Waals surface area contributed by atoms with Crippen molar-refractivity contribution < 1.29 is 28.7 Å². The molecule has 0 saturated heterocycles. The van der Waals surface area contributed by atoms with E-state index in [1.54, 1.807) is 25.1 Å². The first kappa shape index (κ1) is 31.8. The summed E-state index contributed by atoms with van der Waals surface area (Å²) in [4.78, 5) is 53.9. The Kier molecular flexibility index (Phi) is 10.6. The molecular formula is C36H36N4O6. The van der Waals surface area contributed by atoms with Crippen molar-refractivity contribution in [2.75, 3.05) is 25.0 Å². The second-order valence-corrected chi connectivity index (χ2v) is 10.7. The number of carbonyl (C=O) groups excluding carboxylic acids is 4. The molecule has 0 aliphatic carbocycles. The van der Waals surface area contributed by atoms with Crippen LogP contribution in [0.2, 0.25) is 0 Å². The number of fused-ring (bicyclic) bond motifs is 1. The van der Waals surface area contributed by atoms with Gasteiger partial charge in [-0.1, -0.05) is 91.0 Å². The highest BCUT2D eigenvalue weighted by Crippen LogP contribution is 2.33. The van der Waals surface area contributed by atoms with Gasteiger partial charge in [0.2, 0.25) is 5.91 Å². The first-order valence-electron chi connectivity index (χ1n) is 15.1. The first-order chi connectivity index (χ1) is 22.4. The Labute approximate surface area is 267 Å². The van der Waals surface area contributed by atoms with E-state index >= 15 is 0 Å². The number of esters is 1. The monoisotopic (exact) mass is 620 g/mol. The van der Waals surface area contributed by atoms with Gasteiger partial charge in [0.15, 0.2) is 0 Å². The third kappa shape index (κ3) is 8.50. The number of urea groups is 1. The fourth-order valence-corrected chi connectivity index (χ4v) is 5.19. The molecule has 0 unspecified atom stereocenters. The molecule has 3 N–H and O–H groups in total. The lowest BCUT2D eigenvalue weighted by molar-refractivity contribution is -0.143. The molecule has 1 aliphatic rings. The molecule has 1 heterocycles. The largest absolute Gasteiger partial charge is 0.483 e. The Morgan fingerprint density at radius 1 is 0.913 bits per heavy atom. The van der Waals surface area contributed by atoms with Crippen LogP contribution < -0.4 is 20.7 Å². The molecule has 1 aliphatic heterocycles. The second kappa shape index (κ2) is 15.4. The lowest BCUT2D eigenvalue weighted by atomic mass is 10.0. The van der Waals surface area contributed by atoms with E-state index < -0.39 is 36.0 Å². The first-order valence-corrected chi connectivity index (χ1v) is 15.1. The Morgan fingerprint density at radius 2 is 1.59 bits per heavy atom. The Balaban J connectivity index is 1.35. The summed E-state index contributed by atoms with van der Waals surface area (Å²) in [5, 5.41) is 8.49. The molecule has 0 radical (unpaired) electrons. The zero-order valence-electron chi connectivity index (χ0n) is 25.5. The summed E-state index contributed by atoms with van der Waals surface area (Å²) in [6.07, 6.45) is -0.617. The van der Waals surface area contributed by atoms with E-state index in [1.165, 1.54) is 4.90 Å². The molecule has 236 valence electrons. The van der Waals surface area contributed by atoms with E-state index in [0.717, 1.165) is 16.7 Å². The van der Waals surface area contributed by atoms with Crippen LogP contribution in [0.1, 0.15) is 52.5 Å². The number of hydrogen-bond donors (Lipinski definition) is 3. The van der Waals surface area contributed by atoms with Gasteiger partial charge in [-0.25, -0.2) is 4.79 Å². The number of nitrogens with zero attached hydrogens (tertiary/aromatic N) is 1. The maximum atomic E-state index is 14.0. The molecule has 4 aromatic carbocycles. The quantitative estimate of drug-likeness (QED) is 0.193. The van der Waals surface area contributed by atoms with Crippen LogP contribution in [0.4, 0.5) is 10.5 Å². The van der Waals surface area contributed by atoms with Crippen molar-refractivity contribution in [1.82, 2.24) is 15.5 Å². The van der Waals surface area contributed by atoms with Crippen LogP contribution in [0.3, 0.4) is 0 Å². The number of hydrogen-bond acceptors (Lipinski definition) is 6. The van der Waals surface area contributed by atoms with Crippen molar-refractivity contribution in [2.24, 2.45) is 0 Å². The van der Waals surface area contributed by atoms with Gasteiger partial charge in [0.05, 0.1) is 31.2 Å². The van der Waals surface area contributed by atoms with Crippen molar-refractivity contribution >= 4 is 29.5 Å². The summed E-state index contributed by atoms with van der Waals surface area (Å²) in [7, 11) is 0. The Morgan fingerprint density at radius 3 is 2.28 bits per heavy atom. The van der Waals surface area contributed by atoms with Gasteiger partial charge in [-0.15, -0.1) is 0 Å². The summed E-state index contributed by atoms with van der Waals surface area (Å²) in [6.45, 7) is 2.09.